The van der Waals surface area contributed by atoms with Crippen LogP contribution in [0.15, 0.2) is 39.6 Å². The van der Waals surface area contributed by atoms with E-state index in [0.29, 0.717) is 12.3 Å². The predicted molar refractivity (Wildman–Crippen MR) is 86.2 cm³/mol. The van der Waals surface area contributed by atoms with Crippen LogP contribution >= 0.6 is 11.8 Å². The van der Waals surface area contributed by atoms with E-state index in [9.17, 15) is 4.79 Å². The standard InChI is InChI=1S/C16H20N2O2S/c1-11-4-6-13(17)8-15(11)21-10-16(19)18(3)9-14-7-5-12(2)20-14/h4-8H,9-10,17H2,1-3H3. The van der Waals surface area contributed by atoms with Crippen LogP contribution in [0.1, 0.15) is 17.1 Å². The van der Waals surface area contributed by atoms with Gasteiger partial charge in [0.2, 0.25) is 5.91 Å². The minimum absolute atomic E-state index is 0.0656. The first-order valence-electron chi connectivity index (χ1n) is 6.74. The summed E-state index contributed by atoms with van der Waals surface area (Å²) in [4.78, 5) is 14.9. The van der Waals surface area contributed by atoms with Gasteiger partial charge in [-0.25, -0.2) is 0 Å². The largest absolute Gasteiger partial charge is 0.464 e. The first-order valence-corrected chi connectivity index (χ1v) is 7.72. The van der Waals surface area contributed by atoms with Crippen molar-refractivity contribution in [1.29, 1.82) is 0 Å². The lowest BCUT2D eigenvalue weighted by Gasteiger charge is -2.16. The number of aryl methyl sites for hydroxylation is 2. The topological polar surface area (TPSA) is 59.5 Å². The molecule has 21 heavy (non-hydrogen) atoms. The molecule has 0 spiro atoms. The van der Waals surface area contributed by atoms with Crippen LogP contribution in [0, 0.1) is 13.8 Å². The van der Waals surface area contributed by atoms with Crippen molar-refractivity contribution in [3.8, 4) is 0 Å². The molecule has 0 aliphatic heterocycles. The minimum atomic E-state index is 0.0656. The fraction of sp³-hybridized carbons (Fsp3) is 0.312. The third-order valence-electron chi connectivity index (χ3n) is 3.18. The van der Waals surface area contributed by atoms with E-state index in [1.165, 1.54) is 11.8 Å². The van der Waals surface area contributed by atoms with Gasteiger partial charge in [0.15, 0.2) is 0 Å². The maximum Gasteiger partial charge on any atom is 0.233 e. The van der Waals surface area contributed by atoms with Crippen molar-refractivity contribution in [3.63, 3.8) is 0 Å². The summed E-state index contributed by atoms with van der Waals surface area (Å²) in [6.07, 6.45) is 0. The van der Waals surface area contributed by atoms with Gasteiger partial charge in [-0.2, -0.15) is 0 Å². The fourth-order valence-corrected chi connectivity index (χ4v) is 2.93. The van der Waals surface area contributed by atoms with E-state index in [-0.39, 0.29) is 5.91 Å². The van der Waals surface area contributed by atoms with Crippen LogP contribution in [-0.4, -0.2) is 23.6 Å². The maximum atomic E-state index is 12.2. The Bertz CT molecular complexity index is 637. The van der Waals surface area contributed by atoms with Crippen molar-refractivity contribution < 1.29 is 9.21 Å². The normalized spacial score (nSPS) is 10.6. The van der Waals surface area contributed by atoms with Crippen molar-refractivity contribution in [3.05, 3.63) is 47.4 Å². The van der Waals surface area contributed by atoms with Crippen molar-refractivity contribution in [2.75, 3.05) is 18.5 Å². The molecule has 2 N–H and O–H groups in total. The van der Waals surface area contributed by atoms with Crippen LogP contribution in [0.4, 0.5) is 5.69 Å². The smallest absolute Gasteiger partial charge is 0.233 e. The molecule has 5 heteroatoms. The van der Waals surface area contributed by atoms with Gasteiger partial charge in [0.05, 0.1) is 12.3 Å². The second-order valence-electron chi connectivity index (χ2n) is 5.08. The zero-order valence-electron chi connectivity index (χ0n) is 12.6. The van der Waals surface area contributed by atoms with Gasteiger partial charge in [0.25, 0.3) is 0 Å². The number of nitrogens with zero attached hydrogens (tertiary/aromatic N) is 1. The van der Waals surface area contributed by atoms with Gasteiger partial charge in [0.1, 0.15) is 11.5 Å². The van der Waals surface area contributed by atoms with Crippen molar-refractivity contribution in [2.45, 2.75) is 25.3 Å². The van der Waals surface area contributed by atoms with Gasteiger partial charge < -0.3 is 15.1 Å². The van der Waals surface area contributed by atoms with Gasteiger partial charge in [-0.1, -0.05) is 6.07 Å². The number of amides is 1. The monoisotopic (exact) mass is 304 g/mol. The molecule has 0 saturated carbocycles. The van der Waals surface area contributed by atoms with Crippen LogP contribution in [-0.2, 0) is 11.3 Å². The third kappa shape index (κ3) is 4.29. The Hall–Kier alpha value is -1.88. The summed E-state index contributed by atoms with van der Waals surface area (Å²) in [6, 6.07) is 9.54. The van der Waals surface area contributed by atoms with Crippen LogP contribution < -0.4 is 5.73 Å². The Kier molecular flexibility index (Phi) is 4.96. The van der Waals surface area contributed by atoms with E-state index in [0.717, 1.165) is 27.7 Å². The molecular formula is C16H20N2O2S. The van der Waals surface area contributed by atoms with Crippen LogP contribution in [0.25, 0.3) is 0 Å². The Morgan fingerprint density at radius 2 is 2.05 bits per heavy atom. The molecule has 1 aromatic heterocycles. The summed E-state index contributed by atoms with van der Waals surface area (Å²) in [6.45, 7) is 4.40. The van der Waals surface area contributed by atoms with Crippen molar-refractivity contribution in [2.24, 2.45) is 0 Å². The molecule has 1 aromatic carbocycles. The van der Waals surface area contributed by atoms with Crippen LogP contribution in [0.2, 0.25) is 0 Å². The van der Waals surface area contributed by atoms with Crippen molar-refractivity contribution >= 4 is 23.4 Å². The van der Waals surface area contributed by atoms with Gasteiger partial charge >= 0.3 is 0 Å². The number of thioether (sulfide) groups is 1. The molecule has 0 radical (unpaired) electrons. The summed E-state index contributed by atoms with van der Waals surface area (Å²) in [7, 11) is 1.78. The number of benzene rings is 1. The molecule has 1 heterocycles. The van der Waals surface area contributed by atoms with Crippen molar-refractivity contribution in [1.82, 2.24) is 4.90 Å². The van der Waals surface area contributed by atoms with Gasteiger partial charge in [-0.3, -0.25) is 4.79 Å². The Balaban J connectivity index is 1.90. The number of anilines is 1. The first-order chi connectivity index (χ1) is 9.95. The number of furan rings is 1. The molecule has 2 rings (SSSR count). The molecule has 0 atom stereocenters. The van der Waals surface area contributed by atoms with E-state index in [1.54, 1.807) is 11.9 Å². The zero-order valence-corrected chi connectivity index (χ0v) is 13.4. The second-order valence-corrected chi connectivity index (χ2v) is 6.09. The first kappa shape index (κ1) is 15.5. The highest BCUT2D eigenvalue weighted by Gasteiger charge is 2.12. The number of carbonyl (C=O) groups excluding carboxylic acids is 1. The highest BCUT2D eigenvalue weighted by molar-refractivity contribution is 8.00. The maximum absolute atomic E-state index is 12.2. The average molecular weight is 304 g/mol. The third-order valence-corrected chi connectivity index (χ3v) is 4.32. The van der Waals surface area contributed by atoms with E-state index in [1.807, 2.05) is 44.2 Å². The molecule has 0 unspecified atom stereocenters. The van der Waals surface area contributed by atoms with Gasteiger partial charge in [0, 0.05) is 17.6 Å². The van der Waals surface area contributed by atoms with E-state index < -0.39 is 0 Å². The number of hydrogen-bond acceptors (Lipinski definition) is 4. The molecule has 112 valence electrons. The summed E-state index contributed by atoms with van der Waals surface area (Å²) in [5, 5.41) is 0. The quantitative estimate of drug-likeness (QED) is 0.680. The minimum Gasteiger partial charge on any atom is -0.464 e. The highest BCUT2D eigenvalue weighted by Crippen LogP contribution is 2.25. The lowest BCUT2D eigenvalue weighted by molar-refractivity contribution is -0.127. The van der Waals surface area contributed by atoms with Gasteiger partial charge in [-0.05, 0) is 43.7 Å². The molecule has 4 nitrogen and oxygen atoms in total. The Morgan fingerprint density at radius 1 is 1.29 bits per heavy atom. The van der Waals surface area contributed by atoms with Gasteiger partial charge in [-0.15, -0.1) is 11.8 Å². The number of rotatable bonds is 5. The molecule has 0 bridgehead atoms. The van der Waals surface area contributed by atoms with E-state index in [2.05, 4.69) is 0 Å². The molecule has 0 aliphatic carbocycles. The highest BCUT2D eigenvalue weighted by atomic mass is 32.2. The summed E-state index contributed by atoms with van der Waals surface area (Å²) in [5.41, 5.74) is 7.63. The number of nitrogen functional groups attached to an aromatic ring is 1. The molecule has 0 fully saturated rings. The lowest BCUT2D eigenvalue weighted by Crippen LogP contribution is -2.27. The Morgan fingerprint density at radius 3 is 2.71 bits per heavy atom. The molecule has 0 aliphatic rings. The second kappa shape index (κ2) is 6.72. The Labute approximate surface area is 129 Å². The zero-order chi connectivity index (χ0) is 15.4. The number of hydrogen-bond donors (Lipinski definition) is 1. The van der Waals surface area contributed by atoms with Crippen LogP contribution in [0.3, 0.4) is 0 Å². The summed E-state index contributed by atoms with van der Waals surface area (Å²) in [5.74, 6) is 2.11. The van der Waals surface area contributed by atoms with E-state index >= 15 is 0 Å². The fourth-order valence-electron chi connectivity index (χ4n) is 1.91. The SMILES string of the molecule is Cc1ccc(CN(C)C(=O)CSc2cc(N)ccc2C)o1. The summed E-state index contributed by atoms with van der Waals surface area (Å²) < 4.78 is 5.48. The number of nitrogens with two attached hydrogens (primary N) is 1. The molecule has 0 saturated heterocycles. The van der Waals surface area contributed by atoms with Crippen LogP contribution in [0.5, 0.6) is 0 Å². The lowest BCUT2D eigenvalue weighted by atomic mass is 10.2. The van der Waals surface area contributed by atoms with E-state index in [4.69, 9.17) is 10.2 Å². The summed E-state index contributed by atoms with van der Waals surface area (Å²) >= 11 is 1.51. The molecular weight excluding hydrogens is 284 g/mol. The number of carbonyl (C=O) groups is 1. The predicted octanol–water partition coefficient (Wildman–Crippen LogP) is 3.23. The average Bonchev–Trinajstić information content (AvgIpc) is 2.84. The molecule has 1 amide bonds. The molecule has 2 aromatic rings.